The fourth-order valence-corrected chi connectivity index (χ4v) is 4.49. The van der Waals surface area contributed by atoms with E-state index in [1.54, 1.807) is 0 Å². The van der Waals surface area contributed by atoms with E-state index in [0.717, 1.165) is 42.6 Å². The number of aryl methyl sites for hydroxylation is 2. The number of aromatic nitrogens is 2. The van der Waals surface area contributed by atoms with Gasteiger partial charge in [0.1, 0.15) is 5.82 Å². The van der Waals surface area contributed by atoms with Crippen LogP contribution in [0.1, 0.15) is 58.9 Å². The molecule has 0 radical (unpaired) electrons. The molecule has 4 heteroatoms. The third kappa shape index (κ3) is 2.84. The van der Waals surface area contributed by atoms with Crippen LogP contribution in [0.4, 0.5) is 0 Å². The van der Waals surface area contributed by atoms with Crippen molar-refractivity contribution >= 4 is 11.4 Å². The van der Waals surface area contributed by atoms with Gasteiger partial charge in [-0.1, -0.05) is 24.3 Å². The summed E-state index contributed by atoms with van der Waals surface area (Å²) in [4.78, 5) is 19.9. The number of fused-ring (bicyclic) bond motifs is 1. The van der Waals surface area contributed by atoms with E-state index in [-0.39, 0.29) is 5.91 Å². The fraction of sp³-hybridized carbons (Fsp3) is 0.391. The van der Waals surface area contributed by atoms with Gasteiger partial charge in [-0.3, -0.25) is 4.79 Å². The van der Waals surface area contributed by atoms with E-state index in [0.29, 0.717) is 18.0 Å². The molecule has 0 unspecified atom stereocenters. The number of nitrogens with zero attached hydrogens (tertiary/aromatic N) is 3. The van der Waals surface area contributed by atoms with E-state index in [9.17, 15) is 4.79 Å². The molecule has 0 bridgehead atoms. The Morgan fingerprint density at radius 3 is 2.59 bits per heavy atom. The number of carbonyl (C=O) groups excluding carboxylic acids is 1. The van der Waals surface area contributed by atoms with Crippen LogP contribution in [0.15, 0.2) is 48.8 Å². The molecule has 2 heterocycles. The van der Waals surface area contributed by atoms with E-state index in [2.05, 4.69) is 41.1 Å². The highest BCUT2D eigenvalue weighted by Gasteiger charge is 2.44. The highest BCUT2D eigenvalue weighted by Crippen LogP contribution is 2.44. The summed E-state index contributed by atoms with van der Waals surface area (Å²) in [5, 5.41) is 0. The van der Waals surface area contributed by atoms with Crippen molar-refractivity contribution in [3.8, 4) is 0 Å². The standard InChI is InChI=1S/C23H25N3O/c1-15-5-3-4-6-22(15)18-11-21(12-18)26(19-9-10-19)23(27)17-7-8-20-13-24-16(2)25(20)14-17/h3-8,13-14,18-19,21H,9-12H2,1-2H3. The van der Waals surface area contributed by atoms with Gasteiger partial charge in [0.25, 0.3) is 5.91 Å². The molecule has 0 saturated heterocycles. The Balaban J connectivity index is 1.37. The zero-order valence-electron chi connectivity index (χ0n) is 15.9. The summed E-state index contributed by atoms with van der Waals surface area (Å²) in [7, 11) is 0. The van der Waals surface area contributed by atoms with Gasteiger partial charge in [0, 0.05) is 18.3 Å². The van der Waals surface area contributed by atoms with Gasteiger partial charge in [0.05, 0.1) is 17.3 Å². The smallest absolute Gasteiger partial charge is 0.255 e. The molecule has 27 heavy (non-hydrogen) atoms. The molecule has 0 aliphatic heterocycles. The van der Waals surface area contributed by atoms with Crippen molar-refractivity contribution in [3.63, 3.8) is 0 Å². The van der Waals surface area contributed by atoms with E-state index in [1.807, 2.05) is 35.9 Å². The van der Waals surface area contributed by atoms with Gasteiger partial charge in [0.2, 0.25) is 0 Å². The zero-order chi connectivity index (χ0) is 18.5. The second-order valence-corrected chi connectivity index (χ2v) is 8.14. The topological polar surface area (TPSA) is 37.6 Å². The zero-order valence-corrected chi connectivity index (χ0v) is 15.9. The van der Waals surface area contributed by atoms with Crippen molar-refractivity contribution in [2.24, 2.45) is 0 Å². The largest absolute Gasteiger partial charge is 0.333 e. The monoisotopic (exact) mass is 359 g/mol. The third-order valence-corrected chi connectivity index (χ3v) is 6.27. The minimum atomic E-state index is 0.181. The SMILES string of the molecule is Cc1ccccc1C1CC(N(C(=O)c2ccc3cnc(C)n3c2)C2CC2)C1. The number of hydrogen-bond donors (Lipinski definition) is 0. The molecule has 138 valence electrons. The molecule has 4 nitrogen and oxygen atoms in total. The molecule has 0 atom stereocenters. The number of pyridine rings is 1. The van der Waals surface area contributed by atoms with Crippen LogP contribution in [-0.4, -0.2) is 32.3 Å². The minimum absolute atomic E-state index is 0.181. The quantitative estimate of drug-likeness (QED) is 0.688. The summed E-state index contributed by atoms with van der Waals surface area (Å²) in [5.41, 5.74) is 4.62. The Hall–Kier alpha value is -2.62. The molecule has 0 N–H and O–H groups in total. The summed E-state index contributed by atoms with van der Waals surface area (Å²) in [6.45, 7) is 4.16. The lowest BCUT2D eigenvalue weighted by Gasteiger charge is -2.44. The van der Waals surface area contributed by atoms with Crippen molar-refractivity contribution in [1.29, 1.82) is 0 Å². The first-order valence-corrected chi connectivity index (χ1v) is 9.93. The van der Waals surface area contributed by atoms with Gasteiger partial charge >= 0.3 is 0 Å². The van der Waals surface area contributed by atoms with Gasteiger partial charge in [-0.25, -0.2) is 4.98 Å². The van der Waals surface area contributed by atoms with Crippen molar-refractivity contribution in [1.82, 2.24) is 14.3 Å². The van der Waals surface area contributed by atoms with Crippen molar-refractivity contribution in [2.45, 2.75) is 57.5 Å². The fourth-order valence-electron chi connectivity index (χ4n) is 4.49. The molecule has 1 amide bonds. The summed E-state index contributed by atoms with van der Waals surface area (Å²) < 4.78 is 2.01. The molecule has 2 saturated carbocycles. The Kier molecular flexibility index (Phi) is 3.81. The van der Waals surface area contributed by atoms with Gasteiger partial charge in [0.15, 0.2) is 0 Å². The van der Waals surface area contributed by atoms with Crippen LogP contribution < -0.4 is 0 Å². The molecule has 1 aromatic carbocycles. The van der Waals surface area contributed by atoms with E-state index < -0.39 is 0 Å². The van der Waals surface area contributed by atoms with E-state index in [4.69, 9.17) is 0 Å². The Morgan fingerprint density at radius 1 is 1.07 bits per heavy atom. The summed E-state index contributed by atoms with van der Waals surface area (Å²) in [6.07, 6.45) is 8.25. The number of imidazole rings is 1. The lowest BCUT2D eigenvalue weighted by molar-refractivity contribution is 0.0516. The van der Waals surface area contributed by atoms with Gasteiger partial charge in [-0.2, -0.15) is 0 Å². The van der Waals surface area contributed by atoms with Crippen LogP contribution in [0.5, 0.6) is 0 Å². The van der Waals surface area contributed by atoms with Crippen molar-refractivity contribution in [3.05, 3.63) is 71.3 Å². The molecule has 3 aromatic rings. The number of amides is 1. The van der Waals surface area contributed by atoms with Crippen LogP contribution in [0.25, 0.3) is 5.52 Å². The number of hydrogen-bond acceptors (Lipinski definition) is 2. The van der Waals surface area contributed by atoms with E-state index >= 15 is 0 Å². The first kappa shape index (κ1) is 16.5. The third-order valence-electron chi connectivity index (χ3n) is 6.27. The number of benzene rings is 1. The maximum Gasteiger partial charge on any atom is 0.255 e. The predicted octanol–water partition coefficient (Wildman–Crippen LogP) is 4.50. The highest BCUT2D eigenvalue weighted by atomic mass is 16.2. The molecule has 5 rings (SSSR count). The van der Waals surface area contributed by atoms with Gasteiger partial charge < -0.3 is 9.30 Å². The van der Waals surface area contributed by atoms with Gasteiger partial charge in [-0.05, 0) is 68.7 Å². The molecule has 0 spiro atoms. The number of carbonyl (C=O) groups is 1. The first-order valence-electron chi connectivity index (χ1n) is 9.93. The average Bonchev–Trinajstić information content (AvgIpc) is 3.41. The second-order valence-electron chi connectivity index (χ2n) is 8.14. The minimum Gasteiger partial charge on any atom is -0.333 e. The average molecular weight is 359 g/mol. The first-order chi connectivity index (χ1) is 13.1. The maximum atomic E-state index is 13.3. The van der Waals surface area contributed by atoms with Crippen LogP contribution in [0, 0.1) is 13.8 Å². The normalized spacial score (nSPS) is 21.9. The highest BCUT2D eigenvalue weighted by molar-refractivity contribution is 5.95. The van der Waals surface area contributed by atoms with Crippen molar-refractivity contribution < 1.29 is 4.79 Å². The summed E-state index contributed by atoms with van der Waals surface area (Å²) in [6, 6.07) is 13.4. The lowest BCUT2D eigenvalue weighted by Crippen LogP contribution is -2.48. The Morgan fingerprint density at radius 2 is 1.85 bits per heavy atom. The van der Waals surface area contributed by atoms with Crippen LogP contribution in [0.3, 0.4) is 0 Å². The Bertz CT molecular complexity index is 1010. The number of rotatable bonds is 4. The van der Waals surface area contributed by atoms with Gasteiger partial charge in [-0.15, -0.1) is 0 Å². The molecule has 2 aliphatic carbocycles. The van der Waals surface area contributed by atoms with E-state index in [1.165, 1.54) is 11.1 Å². The summed E-state index contributed by atoms with van der Waals surface area (Å²) >= 11 is 0. The maximum absolute atomic E-state index is 13.3. The molecular weight excluding hydrogens is 334 g/mol. The molecule has 2 aliphatic rings. The van der Waals surface area contributed by atoms with Crippen LogP contribution in [-0.2, 0) is 0 Å². The lowest BCUT2D eigenvalue weighted by atomic mass is 9.73. The summed E-state index contributed by atoms with van der Waals surface area (Å²) in [5.74, 6) is 1.69. The van der Waals surface area contributed by atoms with Crippen molar-refractivity contribution in [2.75, 3.05) is 0 Å². The molecule has 2 aromatic heterocycles. The molecular formula is C23H25N3O. The van der Waals surface area contributed by atoms with Crippen LogP contribution >= 0.6 is 0 Å². The predicted molar refractivity (Wildman–Crippen MR) is 106 cm³/mol. The Labute approximate surface area is 159 Å². The second kappa shape index (κ2) is 6.22. The van der Waals surface area contributed by atoms with Crippen LogP contribution in [0.2, 0.25) is 0 Å². The molecule has 2 fully saturated rings.